The van der Waals surface area contributed by atoms with Crippen LogP contribution in [0.3, 0.4) is 0 Å². The van der Waals surface area contributed by atoms with Crippen molar-refractivity contribution in [3.63, 3.8) is 0 Å². The van der Waals surface area contributed by atoms with Crippen molar-refractivity contribution in [2.75, 3.05) is 12.4 Å². The highest BCUT2D eigenvalue weighted by Gasteiger charge is 1.93. The summed E-state index contributed by atoms with van der Waals surface area (Å²) in [5.41, 5.74) is 1.72. The van der Waals surface area contributed by atoms with Crippen LogP contribution in [0, 0.1) is 0 Å². The second-order valence-corrected chi connectivity index (χ2v) is 4.05. The fraction of sp³-hybridized carbons (Fsp3) is 0.0714. The smallest absolute Gasteiger partial charge is 0.121 e. The number of rotatable bonds is 4. The van der Waals surface area contributed by atoms with Gasteiger partial charge in [0.25, 0.3) is 0 Å². The molecule has 4 heteroatoms. The van der Waals surface area contributed by atoms with Crippen LogP contribution in [-0.2, 0) is 0 Å². The van der Waals surface area contributed by atoms with E-state index in [0.717, 1.165) is 17.1 Å². The molecule has 0 bridgehead atoms. The van der Waals surface area contributed by atoms with Gasteiger partial charge in [-0.15, -0.1) is 0 Å². The van der Waals surface area contributed by atoms with E-state index in [4.69, 9.17) is 16.3 Å². The lowest BCUT2D eigenvalue weighted by atomic mass is 10.3. The first-order chi connectivity index (χ1) is 8.78. The van der Waals surface area contributed by atoms with Gasteiger partial charge in [0.1, 0.15) is 5.75 Å². The standard InChI is InChI=1S/C14H13ClN2O/c1-18-14-7-3-6-13(9-14)17-10-16-12-5-2-4-11(15)8-12/h2-10H,1H3,(H,16,17). The van der Waals surface area contributed by atoms with Crippen LogP contribution in [0.15, 0.2) is 53.5 Å². The number of aliphatic imine (C=N–C) groups is 1. The monoisotopic (exact) mass is 260 g/mol. The molecule has 2 aromatic rings. The van der Waals surface area contributed by atoms with Crippen LogP contribution < -0.4 is 10.1 Å². The minimum atomic E-state index is 0.690. The number of anilines is 1. The van der Waals surface area contributed by atoms with Crippen LogP contribution in [0.4, 0.5) is 11.4 Å². The molecule has 0 aliphatic heterocycles. The maximum absolute atomic E-state index is 5.88. The summed E-state index contributed by atoms with van der Waals surface area (Å²) in [5.74, 6) is 0.785. The highest BCUT2D eigenvalue weighted by molar-refractivity contribution is 6.30. The second-order valence-electron chi connectivity index (χ2n) is 3.61. The topological polar surface area (TPSA) is 33.6 Å². The maximum Gasteiger partial charge on any atom is 0.121 e. The zero-order valence-corrected chi connectivity index (χ0v) is 10.7. The molecule has 0 saturated heterocycles. The summed E-state index contributed by atoms with van der Waals surface area (Å²) in [7, 11) is 1.63. The van der Waals surface area contributed by atoms with Crippen molar-refractivity contribution in [3.8, 4) is 5.75 Å². The molecule has 3 nitrogen and oxygen atoms in total. The Morgan fingerprint density at radius 2 is 2.00 bits per heavy atom. The van der Waals surface area contributed by atoms with Gasteiger partial charge >= 0.3 is 0 Å². The Labute approximate surface area is 111 Å². The van der Waals surface area contributed by atoms with E-state index in [1.54, 1.807) is 13.4 Å². The van der Waals surface area contributed by atoms with Gasteiger partial charge in [0, 0.05) is 16.8 Å². The zero-order valence-electron chi connectivity index (χ0n) is 9.93. The van der Waals surface area contributed by atoms with Gasteiger partial charge in [-0.05, 0) is 30.3 Å². The van der Waals surface area contributed by atoms with Gasteiger partial charge in [-0.25, -0.2) is 4.99 Å². The first-order valence-electron chi connectivity index (χ1n) is 5.46. The number of halogens is 1. The Bertz CT molecular complexity index is 555. The highest BCUT2D eigenvalue weighted by atomic mass is 35.5. The van der Waals surface area contributed by atoms with E-state index >= 15 is 0 Å². The molecule has 0 saturated carbocycles. The SMILES string of the molecule is COc1cccc(N=CNc2cccc(Cl)c2)c1. The van der Waals surface area contributed by atoms with Gasteiger partial charge in [-0.1, -0.05) is 23.7 Å². The third kappa shape index (κ3) is 3.50. The quantitative estimate of drug-likeness (QED) is 0.663. The fourth-order valence-electron chi connectivity index (χ4n) is 1.45. The molecule has 2 aromatic carbocycles. The third-order valence-electron chi connectivity index (χ3n) is 2.32. The van der Waals surface area contributed by atoms with E-state index in [9.17, 15) is 0 Å². The summed E-state index contributed by atoms with van der Waals surface area (Å²) in [5, 5.41) is 3.74. The number of nitrogens with zero attached hydrogens (tertiary/aromatic N) is 1. The predicted octanol–water partition coefficient (Wildman–Crippen LogP) is 4.12. The van der Waals surface area contributed by atoms with Crippen LogP contribution in [0.1, 0.15) is 0 Å². The molecule has 18 heavy (non-hydrogen) atoms. The minimum absolute atomic E-state index is 0.690. The highest BCUT2D eigenvalue weighted by Crippen LogP contribution is 2.19. The minimum Gasteiger partial charge on any atom is -0.497 e. The largest absolute Gasteiger partial charge is 0.497 e. The predicted molar refractivity (Wildman–Crippen MR) is 76.2 cm³/mol. The lowest BCUT2D eigenvalue weighted by Gasteiger charge is -2.01. The number of hydrogen-bond acceptors (Lipinski definition) is 2. The normalized spacial score (nSPS) is 10.6. The molecule has 0 radical (unpaired) electrons. The Morgan fingerprint density at radius 1 is 1.17 bits per heavy atom. The number of nitrogens with one attached hydrogen (secondary N) is 1. The molecule has 0 heterocycles. The van der Waals surface area contributed by atoms with Crippen LogP contribution in [0.25, 0.3) is 0 Å². The van der Waals surface area contributed by atoms with Gasteiger partial charge in [0.15, 0.2) is 0 Å². The fourth-order valence-corrected chi connectivity index (χ4v) is 1.64. The lowest BCUT2D eigenvalue weighted by Crippen LogP contribution is -1.93. The van der Waals surface area contributed by atoms with Gasteiger partial charge in [0.05, 0.1) is 19.1 Å². The van der Waals surface area contributed by atoms with Crippen molar-refractivity contribution in [1.29, 1.82) is 0 Å². The number of benzene rings is 2. The molecule has 0 atom stereocenters. The second kappa shape index (κ2) is 6.07. The van der Waals surface area contributed by atoms with Gasteiger partial charge in [0.2, 0.25) is 0 Å². The van der Waals surface area contributed by atoms with E-state index in [0.29, 0.717) is 5.02 Å². The molecule has 0 aliphatic carbocycles. The van der Waals surface area contributed by atoms with Crippen molar-refractivity contribution < 1.29 is 4.74 Å². The molecule has 1 N–H and O–H groups in total. The summed E-state index contributed by atoms with van der Waals surface area (Å²) in [6.45, 7) is 0. The van der Waals surface area contributed by atoms with Crippen molar-refractivity contribution >= 4 is 29.3 Å². The Morgan fingerprint density at radius 3 is 2.78 bits per heavy atom. The van der Waals surface area contributed by atoms with Crippen LogP contribution >= 0.6 is 11.6 Å². The number of methoxy groups -OCH3 is 1. The van der Waals surface area contributed by atoms with Crippen molar-refractivity contribution in [3.05, 3.63) is 53.6 Å². The Balaban J connectivity index is 2.02. The maximum atomic E-state index is 5.88. The molecular weight excluding hydrogens is 248 g/mol. The summed E-state index contributed by atoms with van der Waals surface area (Å²) >= 11 is 5.88. The van der Waals surface area contributed by atoms with E-state index in [-0.39, 0.29) is 0 Å². The van der Waals surface area contributed by atoms with Crippen LogP contribution in [0.2, 0.25) is 5.02 Å². The Hall–Kier alpha value is -2.00. The van der Waals surface area contributed by atoms with Crippen LogP contribution in [0.5, 0.6) is 5.75 Å². The average Bonchev–Trinajstić information content (AvgIpc) is 2.39. The van der Waals surface area contributed by atoms with Crippen molar-refractivity contribution in [2.45, 2.75) is 0 Å². The van der Waals surface area contributed by atoms with E-state index in [2.05, 4.69) is 10.3 Å². The van der Waals surface area contributed by atoms with Gasteiger partial charge in [-0.2, -0.15) is 0 Å². The summed E-state index contributed by atoms with van der Waals surface area (Å²) < 4.78 is 5.12. The molecule has 0 fully saturated rings. The molecule has 2 rings (SSSR count). The molecule has 0 aliphatic rings. The first-order valence-corrected chi connectivity index (χ1v) is 5.84. The molecule has 0 amide bonds. The molecule has 0 spiro atoms. The van der Waals surface area contributed by atoms with E-state index in [1.807, 2.05) is 48.5 Å². The number of hydrogen-bond donors (Lipinski definition) is 1. The molecule has 0 unspecified atom stereocenters. The summed E-state index contributed by atoms with van der Waals surface area (Å²) in [6, 6.07) is 15.0. The van der Waals surface area contributed by atoms with Crippen molar-refractivity contribution in [1.82, 2.24) is 0 Å². The Kier molecular flexibility index (Phi) is 4.20. The number of ether oxygens (including phenoxy) is 1. The van der Waals surface area contributed by atoms with Crippen LogP contribution in [-0.4, -0.2) is 13.4 Å². The summed E-state index contributed by atoms with van der Waals surface area (Å²) in [6.07, 6.45) is 1.63. The van der Waals surface area contributed by atoms with Gasteiger partial charge < -0.3 is 10.1 Å². The third-order valence-corrected chi connectivity index (χ3v) is 2.56. The first kappa shape index (κ1) is 12.5. The zero-order chi connectivity index (χ0) is 12.8. The lowest BCUT2D eigenvalue weighted by molar-refractivity contribution is 0.415. The molecular formula is C14H13ClN2O. The van der Waals surface area contributed by atoms with E-state index < -0.39 is 0 Å². The summed E-state index contributed by atoms with van der Waals surface area (Å²) in [4.78, 5) is 4.28. The average molecular weight is 261 g/mol. The molecule has 0 aromatic heterocycles. The van der Waals surface area contributed by atoms with Crippen molar-refractivity contribution in [2.24, 2.45) is 4.99 Å². The van der Waals surface area contributed by atoms with E-state index in [1.165, 1.54) is 0 Å². The van der Waals surface area contributed by atoms with Gasteiger partial charge in [-0.3, -0.25) is 0 Å². The molecule has 92 valence electrons.